The molecular weight excluding hydrogens is 212 g/mol. The van der Waals surface area contributed by atoms with Crippen LogP contribution in [-0.2, 0) is 11.2 Å². The minimum absolute atomic E-state index is 0.400. The lowest BCUT2D eigenvalue weighted by molar-refractivity contribution is 0.0602. The van der Waals surface area contributed by atoms with Gasteiger partial charge in [0.05, 0.1) is 12.2 Å². The summed E-state index contributed by atoms with van der Waals surface area (Å²) in [5.41, 5.74) is 9.57. The lowest BCUT2D eigenvalue weighted by Gasteiger charge is -2.23. The van der Waals surface area contributed by atoms with E-state index in [9.17, 15) is 0 Å². The molecule has 0 aromatic heterocycles. The van der Waals surface area contributed by atoms with Crippen molar-refractivity contribution >= 4 is 11.4 Å². The van der Waals surface area contributed by atoms with Crippen LogP contribution >= 0.6 is 0 Å². The van der Waals surface area contributed by atoms with Crippen LogP contribution in [0.4, 0.5) is 11.4 Å². The quantitative estimate of drug-likeness (QED) is 0.794. The number of nitrogen functional groups attached to an aromatic ring is 1. The van der Waals surface area contributed by atoms with Crippen LogP contribution in [0.1, 0.15) is 25.3 Å². The van der Waals surface area contributed by atoms with Crippen LogP contribution in [0.25, 0.3) is 0 Å². The summed E-state index contributed by atoms with van der Waals surface area (Å²) in [5.74, 6) is 0. The number of nitrogens with zero attached hydrogens (tertiary/aromatic N) is 1. The molecule has 2 N–H and O–H groups in total. The Morgan fingerprint density at radius 2 is 2.29 bits per heavy atom. The van der Waals surface area contributed by atoms with Gasteiger partial charge in [-0.15, -0.1) is 0 Å². The van der Waals surface area contributed by atoms with E-state index in [0.29, 0.717) is 12.2 Å². The second-order valence-corrected chi connectivity index (χ2v) is 5.19. The van der Waals surface area contributed by atoms with Crippen molar-refractivity contribution in [2.75, 3.05) is 23.7 Å². The van der Waals surface area contributed by atoms with Crippen molar-refractivity contribution < 1.29 is 4.74 Å². The SMILES string of the molecule is CC1CCC(CN2CCc3c(N)cccc32)O1. The third-order valence-electron chi connectivity index (χ3n) is 3.90. The minimum atomic E-state index is 0.400. The minimum Gasteiger partial charge on any atom is -0.398 e. The maximum Gasteiger partial charge on any atom is 0.0754 e. The summed E-state index contributed by atoms with van der Waals surface area (Å²) in [5, 5.41) is 0. The summed E-state index contributed by atoms with van der Waals surface area (Å²) in [6, 6.07) is 6.22. The first-order chi connectivity index (χ1) is 8.24. The molecule has 3 heteroatoms. The summed E-state index contributed by atoms with van der Waals surface area (Å²) in [6.07, 6.45) is 4.29. The molecule has 2 unspecified atom stereocenters. The van der Waals surface area contributed by atoms with Gasteiger partial charge >= 0.3 is 0 Å². The van der Waals surface area contributed by atoms with Gasteiger partial charge in [-0.2, -0.15) is 0 Å². The Hall–Kier alpha value is -1.22. The van der Waals surface area contributed by atoms with Gasteiger partial charge in [0.15, 0.2) is 0 Å². The molecule has 1 saturated heterocycles. The lowest BCUT2D eigenvalue weighted by atomic mass is 10.1. The van der Waals surface area contributed by atoms with Crippen LogP contribution < -0.4 is 10.6 Å². The molecule has 2 aliphatic heterocycles. The van der Waals surface area contributed by atoms with Crippen molar-refractivity contribution in [3.05, 3.63) is 23.8 Å². The van der Waals surface area contributed by atoms with Crippen LogP contribution in [0.15, 0.2) is 18.2 Å². The first-order valence-corrected chi connectivity index (χ1v) is 6.52. The molecule has 17 heavy (non-hydrogen) atoms. The molecule has 1 aromatic carbocycles. The fraction of sp³-hybridized carbons (Fsp3) is 0.571. The van der Waals surface area contributed by atoms with Crippen molar-refractivity contribution in [3.8, 4) is 0 Å². The van der Waals surface area contributed by atoms with E-state index in [4.69, 9.17) is 10.5 Å². The summed E-state index contributed by atoms with van der Waals surface area (Å²) in [4.78, 5) is 2.42. The number of hydrogen-bond donors (Lipinski definition) is 1. The maximum absolute atomic E-state index is 6.01. The number of anilines is 2. The highest BCUT2D eigenvalue weighted by atomic mass is 16.5. The molecule has 0 saturated carbocycles. The molecule has 2 atom stereocenters. The van der Waals surface area contributed by atoms with E-state index in [2.05, 4.69) is 17.9 Å². The smallest absolute Gasteiger partial charge is 0.0754 e. The number of hydrogen-bond acceptors (Lipinski definition) is 3. The molecule has 3 nitrogen and oxygen atoms in total. The molecule has 2 aliphatic rings. The Morgan fingerprint density at radius 1 is 1.41 bits per heavy atom. The van der Waals surface area contributed by atoms with Gasteiger partial charge in [0, 0.05) is 30.0 Å². The Bertz CT molecular complexity index is 419. The Balaban J connectivity index is 1.73. The third kappa shape index (κ3) is 2.00. The Labute approximate surface area is 103 Å². The highest BCUT2D eigenvalue weighted by Gasteiger charge is 2.27. The Morgan fingerprint density at radius 3 is 3.06 bits per heavy atom. The third-order valence-corrected chi connectivity index (χ3v) is 3.90. The van der Waals surface area contributed by atoms with Gasteiger partial charge in [-0.3, -0.25) is 0 Å². The van der Waals surface area contributed by atoms with Crippen LogP contribution in [0.2, 0.25) is 0 Å². The molecule has 3 rings (SSSR count). The predicted octanol–water partition coefficient (Wildman–Crippen LogP) is 2.20. The van der Waals surface area contributed by atoms with Gasteiger partial charge in [-0.25, -0.2) is 0 Å². The number of fused-ring (bicyclic) bond motifs is 1. The average Bonchev–Trinajstić information content (AvgIpc) is 2.88. The van der Waals surface area contributed by atoms with E-state index in [-0.39, 0.29) is 0 Å². The zero-order chi connectivity index (χ0) is 11.8. The van der Waals surface area contributed by atoms with Gasteiger partial charge < -0.3 is 15.4 Å². The number of benzene rings is 1. The van der Waals surface area contributed by atoms with Crippen molar-refractivity contribution in [2.24, 2.45) is 0 Å². The largest absolute Gasteiger partial charge is 0.398 e. The Kier molecular flexibility index (Phi) is 2.71. The average molecular weight is 232 g/mol. The van der Waals surface area contributed by atoms with Crippen molar-refractivity contribution in [1.29, 1.82) is 0 Å². The van der Waals surface area contributed by atoms with E-state index in [1.807, 2.05) is 12.1 Å². The van der Waals surface area contributed by atoms with E-state index in [1.54, 1.807) is 0 Å². The molecule has 0 aliphatic carbocycles. The molecule has 0 spiro atoms. The monoisotopic (exact) mass is 232 g/mol. The summed E-state index contributed by atoms with van der Waals surface area (Å²) in [6.45, 7) is 4.26. The number of rotatable bonds is 2. The molecule has 0 bridgehead atoms. The number of nitrogens with two attached hydrogens (primary N) is 1. The van der Waals surface area contributed by atoms with Gasteiger partial charge in [0.1, 0.15) is 0 Å². The van der Waals surface area contributed by atoms with Gasteiger partial charge in [-0.05, 0) is 38.3 Å². The van der Waals surface area contributed by atoms with Crippen molar-refractivity contribution in [2.45, 2.75) is 38.4 Å². The molecule has 1 aromatic rings. The summed E-state index contributed by atoms with van der Waals surface area (Å²) < 4.78 is 5.90. The number of ether oxygens (including phenoxy) is 1. The van der Waals surface area contributed by atoms with Gasteiger partial charge in [-0.1, -0.05) is 6.07 Å². The topological polar surface area (TPSA) is 38.5 Å². The maximum atomic E-state index is 6.01. The second-order valence-electron chi connectivity index (χ2n) is 5.19. The molecule has 0 amide bonds. The standard InChI is InChI=1S/C14H20N2O/c1-10-5-6-11(17-10)9-16-8-7-12-13(15)3-2-4-14(12)16/h2-4,10-11H,5-9,15H2,1H3. The zero-order valence-corrected chi connectivity index (χ0v) is 10.4. The molecule has 2 heterocycles. The fourth-order valence-electron chi connectivity index (χ4n) is 2.98. The molecular formula is C14H20N2O. The highest BCUT2D eigenvalue weighted by Crippen LogP contribution is 2.33. The normalized spacial score (nSPS) is 27.5. The van der Waals surface area contributed by atoms with Crippen molar-refractivity contribution in [3.63, 3.8) is 0 Å². The van der Waals surface area contributed by atoms with E-state index < -0.39 is 0 Å². The second kappa shape index (κ2) is 4.22. The van der Waals surface area contributed by atoms with Gasteiger partial charge in [0.2, 0.25) is 0 Å². The van der Waals surface area contributed by atoms with E-state index in [0.717, 1.165) is 25.2 Å². The molecule has 0 radical (unpaired) electrons. The van der Waals surface area contributed by atoms with E-state index >= 15 is 0 Å². The highest BCUT2D eigenvalue weighted by molar-refractivity contribution is 5.68. The molecule has 1 fully saturated rings. The van der Waals surface area contributed by atoms with Crippen LogP contribution in [-0.4, -0.2) is 25.3 Å². The lowest BCUT2D eigenvalue weighted by Crippen LogP contribution is -2.31. The van der Waals surface area contributed by atoms with Crippen molar-refractivity contribution in [1.82, 2.24) is 0 Å². The zero-order valence-electron chi connectivity index (χ0n) is 10.4. The fourth-order valence-corrected chi connectivity index (χ4v) is 2.98. The first kappa shape index (κ1) is 10.9. The van der Waals surface area contributed by atoms with Gasteiger partial charge in [0.25, 0.3) is 0 Å². The molecule has 92 valence electrons. The summed E-state index contributed by atoms with van der Waals surface area (Å²) >= 11 is 0. The van der Waals surface area contributed by atoms with Crippen LogP contribution in [0, 0.1) is 0 Å². The van der Waals surface area contributed by atoms with Crippen LogP contribution in [0.5, 0.6) is 0 Å². The predicted molar refractivity (Wildman–Crippen MR) is 70.3 cm³/mol. The van der Waals surface area contributed by atoms with Crippen LogP contribution in [0.3, 0.4) is 0 Å². The first-order valence-electron chi connectivity index (χ1n) is 6.52. The van der Waals surface area contributed by atoms with E-state index in [1.165, 1.54) is 24.1 Å². The summed E-state index contributed by atoms with van der Waals surface area (Å²) in [7, 11) is 0.